The van der Waals surface area contributed by atoms with E-state index in [9.17, 15) is 4.79 Å². The van der Waals surface area contributed by atoms with Crippen molar-refractivity contribution in [1.29, 1.82) is 0 Å². The normalized spacial score (nSPS) is 14.4. The van der Waals surface area contributed by atoms with E-state index in [1.54, 1.807) is 18.4 Å². The molecular formula is C24H27N3O3S. The molecule has 0 atom stereocenters. The van der Waals surface area contributed by atoms with Crippen LogP contribution in [0.2, 0.25) is 0 Å². The third kappa shape index (κ3) is 5.31. The number of rotatable bonds is 7. The molecule has 3 aromatic rings. The third-order valence-electron chi connectivity index (χ3n) is 5.33. The van der Waals surface area contributed by atoms with E-state index in [1.165, 1.54) is 0 Å². The van der Waals surface area contributed by atoms with Crippen LogP contribution in [-0.2, 0) is 16.1 Å². The van der Waals surface area contributed by atoms with Crippen LogP contribution in [0.4, 0.5) is 5.13 Å². The van der Waals surface area contributed by atoms with Gasteiger partial charge in [-0.1, -0.05) is 30.3 Å². The fraction of sp³-hybridized carbons (Fsp3) is 0.333. The quantitative estimate of drug-likeness (QED) is 0.559. The monoisotopic (exact) mass is 437 g/mol. The molecule has 1 fully saturated rings. The molecule has 0 N–H and O–H groups in total. The minimum atomic E-state index is 0.0563. The first-order chi connectivity index (χ1) is 15.1. The standard InChI is InChI=1S/C24H27N3O3S/c1-18-23(20-8-10-21(29-2)11-9-20)25-24(31-18)27(16-19-6-4-3-5-7-19)22(28)17-26-12-14-30-15-13-26/h3-11H,12-17H2,1-2H3. The van der Waals surface area contributed by atoms with Gasteiger partial charge in [0.2, 0.25) is 5.91 Å². The van der Waals surface area contributed by atoms with Crippen molar-refractivity contribution in [2.24, 2.45) is 0 Å². The molecule has 6 nitrogen and oxygen atoms in total. The molecule has 1 aromatic heterocycles. The highest BCUT2D eigenvalue weighted by Gasteiger charge is 2.24. The number of hydrogen-bond donors (Lipinski definition) is 0. The number of nitrogens with zero attached hydrogens (tertiary/aromatic N) is 3. The summed E-state index contributed by atoms with van der Waals surface area (Å²) in [5.41, 5.74) is 3.00. The Hall–Kier alpha value is -2.74. The van der Waals surface area contributed by atoms with Crippen LogP contribution in [0, 0.1) is 6.92 Å². The molecule has 1 saturated heterocycles. The highest BCUT2D eigenvalue weighted by Crippen LogP contribution is 2.34. The third-order valence-corrected chi connectivity index (χ3v) is 6.32. The Bertz CT molecular complexity index is 999. The maximum Gasteiger partial charge on any atom is 0.243 e. The number of carbonyl (C=O) groups excluding carboxylic acids is 1. The first-order valence-electron chi connectivity index (χ1n) is 10.4. The number of ether oxygens (including phenoxy) is 2. The van der Waals surface area contributed by atoms with E-state index in [0.717, 1.165) is 45.7 Å². The second-order valence-corrected chi connectivity index (χ2v) is 8.67. The Balaban J connectivity index is 1.61. The van der Waals surface area contributed by atoms with E-state index in [0.29, 0.717) is 26.3 Å². The highest BCUT2D eigenvalue weighted by atomic mass is 32.1. The van der Waals surface area contributed by atoms with Gasteiger partial charge in [-0.3, -0.25) is 14.6 Å². The van der Waals surface area contributed by atoms with Crippen LogP contribution >= 0.6 is 11.3 Å². The second kappa shape index (κ2) is 10.0. The number of methoxy groups -OCH3 is 1. The molecule has 0 spiro atoms. The average molecular weight is 438 g/mol. The molecule has 0 radical (unpaired) electrons. The zero-order chi connectivity index (χ0) is 21.6. The molecule has 1 amide bonds. The summed E-state index contributed by atoms with van der Waals surface area (Å²) in [4.78, 5) is 23.3. The van der Waals surface area contributed by atoms with Crippen LogP contribution in [0.3, 0.4) is 0 Å². The van der Waals surface area contributed by atoms with Gasteiger partial charge in [-0.25, -0.2) is 4.98 Å². The Morgan fingerprint density at radius 1 is 1.13 bits per heavy atom. The summed E-state index contributed by atoms with van der Waals surface area (Å²) in [6.07, 6.45) is 0. The van der Waals surface area contributed by atoms with Gasteiger partial charge < -0.3 is 9.47 Å². The summed E-state index contributed by atoms with van der Waals surface area (Å²) in [7, 11) is 1.66. The van der Waals surface area contributed by atoms with Crippen LogP contribution in [0.25, 0.3) is 11.3 Å². The lowest BCUT2D eigenvalue weighted by molar-refractivity contribution is -0.120. The van der Waals surface area contributed by atoms with Gasteiger partial charge >= 0.3 is 0 Å². The predicted molar refractivity (Wildman–Crippen MR) is 124 cm³/mol. The van der Waals surface area contributed by atoms with Crippen molar-refractivity contribution in [2.75, 3.05) is 44.9 Å². The van der Waals surface area contributed by atoms with E-state index >= 15 is 0 Å². The van der Waals surface area contributed by atoms with Crippen molar-refractivity contribution in [1.82, 2.24) is 9.88 Å². The molecule has 4 rings (SSSR count). The molecule has 1 aliphatic rings. The summed E-state index contributed by atoms with van der Waals surface area (Å²) in [6.45, 7) is 5.81. The van der Waals surface area contributed by atoms with Crippen molar-refractivity contribution < 1.29 is 14.3 Å². The van der Waals surface area contributed by atoms with Gasteiger partial charge in [0.05, 0.1) is 39.1 Å². The first-order valence-corrected chi connectivity index (χ1v) is 11.2. The molecule has 0 saturated carbocycles. The number of amides is 1. The SMILES string of the molecule is COc1ccc(-c2nc(N(Cc3ccccc3)C(=O)CN3CCOCC3)sc2C)cc1. The van der Waals surface area contributed by atoms with Crippen LogP contribution in [0.5, 0.6) is 5.75 Å². The molecule has 0 bridgehead atoms. The lowest BCUT2D eigenvalue weighted by Gasteiger charge is -2.28. The van der Waals surface area contributed by atoms with Gasteiger partial charge in [0.25, 0.3) is 0 Å². The molecule has 2 heterocycles. The lowest BCUT2D eigenvalue weighted by Crippen LogP contribution is -2.44. The number of morpholine rings is 1. The summed E-state index contributed by atoms with van der Waals surface area (Å²) < 4.78 is 10.7. The largest absolute Gasteiger partial charge is 0.497 e. The van der Waals surface area contributed by atoms with Gasteiger partial charge in [-0.05, 0) is 36.8 Å². The fourth-order valence-electron chi connectivity index (χ4n) is 3.58. The minimum Gasteiger partial charge on any atom is -0.497 e. The van der Waals surface area contributed by atoms with E-state index in [1.807, 2.05) is 66.4 Å². The summed E-state index contributed by atoms with van der Waals surface area (Å²) in [6, 6.07) is 17.9. The Labute approximate surface area is 187 Å². The van der Waals surface area contributed by atoms with Crippen LogP contribution < -0.4 is 9.64 Å². The van der Waals surface area contributed by atoms with E-state index in [4.69, 9.17) is 14.5 Å². The van der Waals surface area contributed by atoms with Crippen LogP contribution in [0.15, 0.2) is 54.6 Å². The van der Waals surface area contributed by atoms with E-state index in [-0.39, 0.29) is 5.91 Å². The Morgan fingerprint density at radius 3 is 2.52 bits per heavy atom. The van der Waals surface area contributed by atoms with Gasteiger partial charge in [-0.2, -0.15) is 0 Å². The van der Waals surface area contributed by atoms with Gasteiger partial charge in [-0.15, -0.1) is 11.3 Å². The molecule has 162 valence electrons. The Morgan fingerprint density at radius 2 is 1.84 bits per heavy atom. The molecule has 7 heteroatoms. The zero-order valence-electron chi connectivity index (χ0n) is 17.9. The van der Waals surface area contributed by atoms with Crippen molar-refractivity contribution in [2.45, 2.75) is 13.5 Å². The molecule has 0 aliphatic carbocycles. The molecule has 31 heavy (non-hydrogen) atoms. The smallest absolute Gasteiger partial charge is 0.243 e. The number of benzene rings is 2. The van der Waals surface area contributed by atoms with Gasteiger partial charge in [0.15, 0.2) is 5.13 Å². The van der Waals surface area contributed by atoms with Crippen molar-refractivity contribution in [3.63, 3.8) is 0 Å². The molecule has 1 aliphatic heterocycles. The highest BCUT2D eigenvalue weighted by molar-refractivity contribution is 7.16. The maximum absolute atomic E-state index is 13.4. The van der Waals surface area contributed by atoms with Crippen molar-refractivity contribution in [3.05, 3.63) is 65.0 Å². The van der Waals surface area contributed by atoms with Gasteiger partial charge in [0, 0.05) is 23.5 Å². The van der Waals surface area contributed by atoms with Crippen molar-refractivity contribution in [3.8, 4) is 17.0 Å². The predicted octanol–water partition coefficient (Wildman–Crippen LogP) is 3.99. The Kier molecular flexibility index (Phi) is 6.96. The first kappa shape index (κ1) is 21.5. The number of aromatic nitrogens is 1. The van der Waals surface area contributed by atoms with E-state index < -0.39 is 0 Å². The fourth-order valence-corrected chi connectivity index (χ4v) is 4.53. The summed E-state index contributed by atoms with van der Waals surface area (Å²) in [5, 5.41) is 0.727. The van der Waals surface area contributed by atoms with Crippen LogP contribution in [-0.4, -0.2) is 55.7 Å². The number of thiazole rings is 1. The van der Waals surface area contributed by atoms with Crippen LogP contribution in [0.1, 0.15) is 10.4 Å². The molecule has 2 aromatic carbocycles. The number of hydrogen-bond acceptors (Lipinski definition) is 6. The summed E-state index contributed by atoms with van der Waals surface area (Å²) >= 11 is 1.56. The molecular weight excluding hydrogens is 410 g/mol. The van der Waals surface area contributed by atoms with Crippen molar-refractivity contribution >= 4 is 22.4 Å². The summed E-state index contributed by atoms with van der Waals surface area (Å²) in [5.74, 6) is 0.865. The van der Waals surface area contributed by atoms with Gasteiger partial charge in [0.1, 0.15) is 5.75 Å². The number of aryl methyl sites for hydroxylation is 1. The topological polar surface area (TPSA) is 54.9 Å². The second-order valence-electron chi connectivity index (χ2n) is 7.48. The lowest BCUT2D eigenvalue weighted by atomic mass is 10.1. The average Bonchev–Trinajstić information content (AvgIpc) is 3.20. The maximum atomic E-state index is 13.4. The number of anilines is 1. The number of carbonyl (C=O) groups is 1. The zero-order valence-corrected chi connectivity index (χ0v) is 18.7. The minimum absolute atomic E-state index is 0.0563. The van der Waals surface area contributed by atoms with E-state index in [2.05, 4.69) is 4.90 Å². The molecule has 0 unspecified atom stereocenters.